The Balaban J connectivity index is 3.59. The molecular formula is C12H21NO5. The van der Waals surface area contributed by atoms with Crippen molar-refractivity contribution in [1.82, 2.24) is 5.32 Å². The first-order chi connectivity index (χ1) is 8.45. The van der Waals surface area contributed by atoms with E-state index < -0.39 is 5.97 Å². The molecular weight excluding hydrogens is 238 g/mol. The number of carbonyl (C=O) groups excluding carboxylic acids is 2. The van der Waals surface area contributed by atoms with Crippen molar-refractivity contribution >= 4 is 17.8 Å². The summed E-state index contributed by atoms with van der Waals surface area (Å²) < 4.78 is 4.74. The number of esters is 1. The average Bonchev–Trinajstić information content (AvgIpc) is 2.23. The van der Waals surface area contributed by atoms with Gasteiger partial charge in [-0.1, -0.05) is 6.92 Å². The van der Waals surface area contributed by atoms with Gasteiger partial charge in [0.1, 0.15) is 0 Å². The highest BCUT2D eigenvalue weighted by Gasteiger charge is 2.12. The Kier molecular flexibility index (Phi) is 8.61. The van der Waals surface area contributed by atoms with Gasteiger partial charge in [0.2, 0.25) is 5.91 Å². The lowest BCUT2D eigenvalue weighted by molar-refractivity contribution is -0.143. The Morgan fingerprint density at radius 3 is 2.50 bits per heavy atom. The Bertz CT molecular complexity index is 290. The van der Waals surface area contributed by atoms with Crippen LogP contribution >= 0.6 is 0 Å². The van der Waals surface area contributed by atoms with E-state index in [0.29, 0.717) is 19.6 Å². The van der Waals surface area contributed by atoms with Crippen LogP contribution < -0.4 is 5.32 Å². The number of hydrogen-bond donors (Lipinski definition) is 2. The summed E-state index contributed by atoms with van der Waals surface area (Å²) in [6.07, 6.45) is 0.971. The highest BCUT2D eigenvalue weighted by molar-refractivity contribution is 5.77. The lowest BCUT2D eigenvalue weighted by atomic mass is 10.0. The predicted molar refractivity (Wildman–Crippen MR) is 64.9 cm³/mol. The largest absolute Gasteiger partial charge is 0.481 e. The normalized spacial score (nSPS) is 11.7. The van der Waals surface area contributed by atoms with Crippen molar-refractivity contribution in [2.24, 2.45) is 5.92 Å². The van der Waals surface area contributed by atoms with Gasteiger partial charge in [-0.2, -0.15) is 0 Å². The van der Waals surface area contributed by atoms with Crippen LogP contribution in [0, 0.1) is 5.92 Å². The molecule has 0 saturated heterocycles. The van der Waals surface area contributed by atoms with E-state index in [2.05, 4.69) is 5.32 Å². The topological polar surface area (TPSA) is 92.7 Å². The van der Waals surface area contributed by atoms with E-state index in [1.165, 1.54) is 0 Å². The molecule has 1 unspecified atom stereocenters. The second kappa shape index (κ2) is 9.44. The van der Waals surface area contributed by atoms with Crippen LogP contribution in [0.1, 0.15) is 39.5 Å². The summed E-state index contributed by atoms with van der Waals surface area (Å²) in [5.74, 6) is -1.55. The molecule has 0 spiro atoms. The van der Waals surface area contributed by atoms with Crippen molar-refractivity contribution in [1.29, 1.82) is 0 Å². The predicted octanol–water partition coefficient (Wildman–Crippen LogP) is 0.947. The maximum Gasteiger partial charge on any atom is 0.305 e. The molecule has 0 heterocycles. The molecule has 0 aromatic heterocycles. The molecule has 6 heteroatoms. The fraction of sp³-hybridized carbons (Fsp3) is 0.750. The number of nitrogens with one attached hydrogen (secondary N) is 1. The van der Waals surface area contributed by atoms with Crippen molar-refractivity contribution in [3.8, 4) is 0 Å². The third-order valence-corrected chi connectivity index (χ3v) is 2.24. The summed E-state index contributed by atoms with van der Waals surface area (Å²) in [5, 5.41) is 11.2. The zero-order valence-corrected chi connectivity index (χ0v) is 10.9. The van der Waals surface area contributed by atoms with Crippen LogP contribution in [0.3, 0.4) is 0 Å². The van der Waals surface area contributed by atoms with Crippen LogP contribution in [-0.2, 0) is 19.1 Å². The maximum atomic E-state index is 11.4. The van der Waals surface area contributed by atoms with Gasteiger partial charge < -0.3 is 15.2 Å². The van der Waals surface area contributed by atoms with E-state index in [0.717, 1.165) is 0 Å². The summed E-state index contributed by atoms with van der Waals surface area (Å²) in [4.78, 5) is 32.8. The van der Waals surface area contributed by atoms with Crippen LogP contribution in [0.15, 0.2) is 0 Å². The summed E-state index contributed by atoms with van der Waals surface area (Å²) in [6, 6.07) is 0. The first-order valence-electron chi connectivity index (χ1n) is 6.09. The van der Waals surface area contributed by atoms with E-state index in [4.69, 9.17) is 9.84 Å². The first kappa shape index (κ1) is 16.4. The third kappa shape index (κ3) is 9.62. The van der Waals surface area contributed by atoms with Crippen LogP contribution in [0.4, 0.5) is 0 Å². The smallest absolute Gasteiger partial charge is 0.305 e. The number of rotatable bonds is 9. The zero-order chi connectivity index (χ0) is 14.0. The molecule has 18 heavy (non-hydrogen) atoms. The molecule has 104 valence electrons. The Hall–Kier alpha value is -1.59. The van der Waals surface area contributed by atoms with Gasteiger partial charge in [0.05, 0.1) is 6.61 Å². The molecule has 0 aliphatic carbocycles. The summed E-state index contributed by atoms with van der Waals surface area (Å²) in [5.41, 5.74) is 0. The van der Waals surface area contributed by atoms with Gasteiger partial charge in [-0.25, -0.2) is 0 Å². The lowest BCUT2D eigenvalue weighted by Crippen LogP contribution is -2.27. The van der Waals surface area contributed by atoms with Crippen LogP contribution in [0.25, 0.3) is 0 Å². The molecule has 0 aliphatic heterocycles. The van der Waals surface area contributed by atoms with E-state index >= 15 is 0 Å². The molecule has 1 amide bonds. The molecule has 0 rings (SSSR count). The Morgan fingerprint density at radius 2 is 1.94 bits per heavy atom. The van der Waals surface area contributed by atoms with Crippen molar-refractivity contribution < 1.29 is 24.2 Å². The van der Waals surface area contributed by atoms with Crippen molar-refractivity contribution in [2.75, 3.05) is 13.2 Å². The number of amides is 1. The van der Waals surface area contributed by atoms with Gasteiger partial charge in [0.25, 0.3) is 0 Å². The quantitative estimate of drug-likeness (QED) is 0.475. The average molecular weight is 259 g/mol. The standard InChI is InChI=1S/C12H21NO5/c1-3-18-12(17)5-4-6-13-10(14)7-9(2)8-11(15)16/h9H,3-8H2,1-2H3,(H,13,14)(H,15,16). The molecule has 1 atom stereocenters. The first-order valence-corrected chi connectivity index (χ1v) is 6.09. The van der Waals surface area contributed by atoms with Crippen molar-refractivity contribution in [3.05, 3.63) is 0 Å². The van der Waals surface area contributed by atoms with Crippen molar-refractivity contribution in [2.45, 2.75) is 39.5 Å². The Labute approximate surface area is 107 Å². The summed E-state index contributed by atoms with van der Waals surface area (Å²) in [6.45, 7) is 4.21. The third-order valence-electron chi connectivity index (χ3n) is 2.24. The highest BCUT2D eigenvalue weighted by atomic mass is 16.5. The van der Waals surface area contributed by atoms with Gasteiger partial charge in [-0.3, -0.25) is 14.4 Å². The maximum absolute atomic E-state index is 11.4. The second-order valence-corrected chi connectivity index (χ2v) is 4.17. The van der Waals surface area contributed by atoms with Crippen molar-refractivity contribution in [3.63, 3.8) is 0 Å². The molecule has 2 N–H and O–H groups in total. The number of aliphatic carboxylic acids is 1. The highest BCUT2D eigenvalue weighted by Crippen LogP contribution is 2.06. The number of ether oxygens (including phenoxy) is 1. The second-order valence-electron chi connectivity index (χ2n) is 4.17. The zero-order valence-electron chi connectivity index (χ0n) is 10.9. The van der Waals surface area contributed by atoms with E-state index in [1.54, 1.807) is 13.8 Å². The SMILES string of the molecule is CCOC(=O)CCCNC(=O)CC(C)CC(=O)O. The summed E-state index contributed by atoms with van der Waals surface area (Å²) >= 11 is 0. The number of carboxylic acid groups (broad SMARTS) is 1. The van der Waals surface area contributed by atoms with Gasteiger partial charge in [0, 0.05) is 25.8 Å². The van der Waals surface area contributed by atoms with Crippen LogP contribution in [-0.4, -0.2) is 36.1 Å². The molecule has 0 aliphatic rings. The number of hydrogen-bond acceptors (Lipinski definition) is 4. The molecule has 0 aromatic carbocycles. The van der Waals surface area contributed by atoms with Gasteiger partial charge in [-0.15, -0.1) is 0 Å². The van der Waals surface area contributed by atoms with E-state index in [1.807, 2.05) is 0 Å². The van der Waals surface area contributed by atoms with Gasteiger partial charge in [0.15, 0.2) is 0 Å². The lowest BCUT2D eigenvalue weighted by Gasteiger charge is -2.09. The molecule has 0 bridgehead atoms. The van der Waals surface area contributed by atoms with Crippen LogP contribution in [0.5, 0.6) is 0 Å². The molecule has 0 radical (unpaired) electrons. The minimum Gasteiger partial charge on any atom is -0.481 e. The monoisotopic (exact) mass is 259 g/mol. The van der Waals surface area contributed by atoms with Gasteiger partial charge in [-0.05, 0) is 19.3 Å². The number of carboxylic acids is 1. The van der Waals surface area contributed by atoms with E-state index in [-0.39, 0.29) is 37.1 Å². The molecule has 0 fully saturated rings. The number of carbonyl (C=O) groups is 3. The van der Waals surface area contributed by atoms with Crippen LogP contribution in [0.2, 0.25) is 0 Å². The van der Waals surface area contributed by atoms with E-state index in [9.17, 15) is 14.4 Å². The molecule has 0 saturated carbocycles. The fourth-order valence-electron chi connectivity index (χ4n) is 1.45. The minimum absolute atomic E-state index is 0.0176. The molecule has 6 nitrogen and oxygen atoms in total. The molecule has 0 aromatic rings. The summed E-state index contributed by atoms with van der Waals surface area (Å²) in [7, 11) is 0. The Morgan fingerprint density at radius 1 is 1.28 bits per heavy atom. The minimum atomic E-state index is -0.905. The fourth-order valence-corrected chi connectivity index (χ4v) is 1.45. The van der Waals surface area contributed by atoms with Gasteiger partial charge >= 0.3 is 11.9 Å².